The highest BCUT2D eigenvalue weighted by Gasteiger charge is 2.08. The summed E-state index contributed by atoms with van der Waals surface area (Å²) in [5, 5.41) is 5.76. The number of amides is 2. The fourth-order valence-electron chi connectivity index (χ4n) is 2.45. The van der Waals surface area contributed by atoms with Gasteiger partial charge in [0.1, 0.15) is 0 Å². The molecule has 0 aliphatic rings. The first kappa shape index (κ1) is 20.2. The van der Waals surface area contributed by atoms with Crippen LogP contribution in [-0.2, 0) is 4.79 Å². The van der Waals surface area contributed by atoms with Crippen LogP contribution in [0.5, 0.6) is 0 Å². The van der Waals surface area contributed by atoms with Gasteiger partial charge in [0.15, 0.2) is 0 Å². The maximum absolute atomic E-state index is 12.3. The van der Waals surface area contributed by atoms with Crippen LogP contribution < -0.4 is 10.6 Å². The molecule has 2 N–H and O–H groups in total. The Kier molecular flexibility index (Phi) is 6.90. The number of hydrogen-bond donors (Lipinski definition) is 2. The molecule has 0 fully saturated rings. The monoisotopic (exact) mass is 454 g/mol. The fraction of sp³-hybridized carbons (Fsp3) is 0.0909. The van der Waals surface area contributed by atoms with Crippen molar-refractivity contribution in [1.82, 2.24) is 0 Å². The summed E-state index contributed by atoms with van der Waals surface area (Å²) in [5.74, 6) is 0.0439. The normalized spacial score (nSPS) is 10.4. The van der Waals surface area contributed by atoms with Crippen molar-refractivity contribution in [1.29, 1.82) is 0 Å². The molecule has 0 aliphatic carbocycles. The van der Waals surface area contributed by atoms with E-state index in [1.54, 1.807) is 12.1 Å². The summed E-state index contributed by atoms with van der Waals surface area (Å²) in [6.07, 6.45) is 0. The second-order valence-electron chi connectivity index (χ2n) is 6.19. The fourth-order valence-corrected chi connectivity index (χ4v) is 3.47. The molecule has 3 aromatic carbocycles. The lowest BCUT2D eigenvalue weighted by molar-refractivity contribution is -0.113. The molecule has 0 saturated heterocycles. The third kappa shape index (κ3) is 5.97. The second-order valence-corrected chi connectivity index (χ2v) is 8.16. The molecule has 0 spiro atoms. The first-order valence-electron chi connectivity index (χ1n) is 8.66. The van der Waals surface area contributed by atoms with Gasteiger partial charge in [-0.05, 0) is 61.5 Å². The SMILES string of the molecule is Cc1ccc(C(=O)Nc2cccc(SCC(=O)Nc3ccc(Br)cc3)c2)cc1. The smallest absolute Gasteiger partial charge is 0.255 e. The van der Waals surface area contributed by atoms with Gasteiger partial charge in [0, 0.05) is 26.3 Å². The van der Waals surface area contributed by atoms with E-state index in [9.17, 15) is 9.59 Å². The van der Waals surface area contributed by atoms with E-state index >= 15 is 0 Å². The van der Waals surface area contributed by atoms with Crippen molar-refractivity contribution in [2.45, 2.75) is 11.8 Å². The van der Waals surface area contributed by atoms with E-state index in [2.05, 4.69) is 26.6 Å². The van der Waals surface area contributed by atoms with Gasteiger partial charge in [-0.3, -0.25) is 9.59 Å². The van der Waals surface area contributed by atoms with Gasteiger partial charge in [0.05, 0.1) is 5.75 Å². The van der Waals surface area contributed by atoms with Crippen LogP contribution >= 0.6 is 27.7 Å². The van der Waals surface area contributed by atoms with Crippen LogP contribution in [0.25, 0.3) is 0 Å². The Bertz CT molecular complexity index is 973. The minimum atomic E-state index is -0.157. The van der Waals surface area contributed by atoms with Crippen LogP contribution in [0.15, 0.2) is 82.2 Å². The van der Waals surface area contributed by atoms with Crippen molar-refractivity contribution < 1.29 is 9.59 Å². The minimum absolute atomic E-state index is 0.0820. The highest BCUT2D eigenvalue weighted by atomic mass is 79.9. The standard InChI is InChI=1S/C22H19BrN2O2S/c1-15-5-7-16(8-6-15)22(27)25-19-3-2-4-20(13-19)28-14-21(26)24-18-11-9-17(23)10-12-18/h2-13H,14H2,1H3,(H,24,26)(H,25,27). The van der Waals surface area contributed by atoms with E-state index in [1.165, 1.54) is 11.8 Å². The second kappa shape index (κ2) is 9.57. The lowest BCUT2D eigenvalue weighted by atomic mass is 10.1. The molecule has 0 unspecified atom stereocenters. The summed E-state index contributed by atoms with van der Waals surface area (Å²) in [4.78, 5) is 25.4. The van der Waals surface area contributed by atoms with Crippen molar-refractivity contribution in [2.24, 2.45) is 0 Å². The molecule has 0 saturated carbocycles. The molecule has 28 heavy (non-hydrogen) atoms. The third-order valence-electron chi connectivity index (χ3n) is 3.90. The zero-order valence-electron chi connectivity index (χ0n) is 15.2. The molecule has 0 aromatic heterocycles. The molecule has 4 nitrogen and oxygen atoms in total. The zero-order valence-corrected chi connectivity index (χ0v) is 17.6. The summed E-state index contributed by atoms with van der Waals surface area (Å²) >= 11 is 4.79. The maximum atomic E-state index is 12.3. The number of rotatable bonds is 6. The number of benzene rings is 3. The van der Waals surface area contributed by atoms with E-state index < -0.39 is 0 Å². The summed E-state index contributed by atoms with van der Waals surface area (Å²) in [7, 11) is 0. The van der Waals surface area contributed by atoms with Crippen LogP contribution in [0.1, 0.15) is 15.9 Å². The first-order valence-corrected chi connectivity index (χ1v) is 10.4. The Labute approximate surface area is 176 Å². The molecular formula is C22H19BrN2O2S. The number of carbonyl (C=O) groups is 2. The average Bonchev–Trinajstić information content (AvgIpc) is 2.69. The Morgan fingerprint density at radius 3 is 2.32 bits per heavy atom. The lowest BCUT2D eigenvalue weighted by Crippen LogP contribution is -2.14. The van der Waals surface area contributed by atoms with Crippen molar-refractivity contribution >= 4 is 50.9 Å². The topological polar surface area (TPSA) is 58.2 Å². The Morgan fingerprint density at radius 2 is 1.61 bits per heavy atom. The van der Waals surface area contributed by atoms with Gasteiger partial charge in [-0.1, -0.05) is 39.7 Å². The van der Waals surface area contributed by atoms with E-state index in [0.29, 0.717) is 11.3 Å². The van der Waals surface area contributed by atoms with E-state index in [4.69, 9.17) is 0 Å². The van der Waals surface area contributed by atoms with E-state index in [-0.39, 0.29) is 17.6 Å². The highest BCUT2D eigenvalue weighted by molar-refractivity contribution is 9.10. The molecule has 3 aromatic rings. The van der Waals surface area contributed by atoms with Gasteiger partial charge < -0.3 is 10.6 Å². The van der Waals surface area contributed by atoms with Gasteiger partial charge in [0.25, 0.3) is 5.91 Å². The van der Waals surface area contributed by atoms with Crippen molar-refractivity contribution in [2.75, 3.05) is 16.4 Å². The molecule has 0 heterocycles. The third-order valence-corrected chi connectivity index (χ3v) is 5.43. The molecule has 0 radical (unpaired) electrons. The van der Waals surface area contributed by atoms with Gasteiger partial charge in [-0.25, -0.2) is 0 Å². The number of thioether (sulfide) groups is 1. The van der Waals surface area contributed by atoms with Gasteiger partial charge in [0.2, 0.25) is 5.91 Å². The summed E-state index contributed by atoms with van der Waals surface area (Å²) in [5.41, 5.74) is 3.17. The van der Waals surface area contributed by atoms with Gasteiger partial charge in [-0.2, -0.15) is 0 Å². The van der Waals surface area contributed by atoms with Crippen LogP contribution in [0, 0.1) is 6.92 Å². The lowest BCUT2D eigenvalue weighted by Gasteiger charge is -2.08. The predicted octanol–water partition coefficient (Wildman–Crippen LogP) is 5.74. The Morgan fingerprint density at radius 1 is 0.893 bits per heavy atom. The number of aryl methyl sites for hydroxylation is 1. The predicted molar refractivity (Wildman–Crippen MR) is 119 cm³/mol. The molecule has 142 valence electrons. The zero-order chi connectivity index (χ0) is 19.9. The molecule has 0 bridgehead atoms. The largest absolute Gasteiger partial charge is 0.325 e. The maximum Gasteiger partial charge on any atom is 0.255 e. The molecule has 2 amide bonds. The van der Waals surface area contributed by atoms with Crippen LogP contribution in [0.3, 0.4) is 0 Å². The van der Waals surface area contributed by atoms with Crippen molar-refractivity contribution in [3.63, 3.8) is 0 Å². The summed E-state index contributed by atoms with van der Waals surface area (Å²) < 4.78 is 0.962. The van der Waals surface area contributed by atoms with Gasteiger partial charge >= 0.3 is 0 Å². The van der Waals surface area contributed by atoms with Crippen LogP contribution in [-0.4, -0.2) is 17.6 Å². The molecule has 3 rings (SSSR count). The Balaban J connectivity index is 1.55. The number of nitrogens with one attached hydrogen (secondary N) is 2. The molecule has 0 atom stereocenters. The van der Waals surface area contributed by atoms with Crippen molar-refractivity contribution in [3.05, 3.63) is 88.4 Å². The first-order chi connectivity index (χ1) is 13.5. The van der Waals surface area contributed by atoms with E-state index in [1.807, 2.05) is 67.6 Å². The van der Waals surface area contributed by atoms with E-state index in [0.717, 1.165) is 20.6 Å². The highest BCUT2D eigenvalue weighted by Crippen LogP contribution is 2.23. The molecular weight excluding hydrogens is 436 g/mol. The number of halogens is 1. The molecule has 0 aliphatic heterocycles. The summed E-state index contributed by atoms with van der Waals surface area (Å²) in [6, 6.07) is 22.3. The number of anilines is 2. The van der Waals surface area contributed by atoms with Crippen LogP contribution in [0.2, 0.25) is 0 Å². The van der Waals surface area contributed by atoms with Gasteiger partial charge in [-0.15, -0.1) is 11.8 Å². The van der Waals surface area contributed by atoms with Crippen LogP contribution in [0.4, 0.5) is 11.4 Å². The van der Waals surface area contributed by atoms with Crippen molar-refractivity contribution in [3.8, 4) is 0 Å². The number of hydrogen-bond acceptors (Lipinski definition) is 3. The quantitative estimate of drug-likeness (QED) is 0.466. The summed E-state index contributed by atoms with van der Waals surface area (Å²) in [6.45, 7) is 1.98. The minimum Gasteiger partial charge on any atom is -0.325 e. The molecule has 6 heteroatoms. The Hall–Kier alpha value is -2.57. The number of carbonyl (C=O) groups excluding carboxylic acids is 2. The average molecular weight is 455 g/mol.